The standard InChI is InChI=1S/C13H22N2O4/c1-2-9-4-3-5-14(7-9)13(19)15-8-10(16)6-11(15)12(17)18/h9-11,16H,2-8H2,1H3,(H,17,18)/t9?,10-,11-/m0/s1. The van der Waals surface area contributed by atoms with Gasteiger partial charge in [0.15, 0.2) is 0 Å². The number of carboxylic acid groups (broad SMARTS) is 1. The molecule has 2 aliphatic rings. The van der Waals surface area contributed by atoms with Gasteiger partial charge in [0.1, 0.15) is 6.04 Å². The predicted octanol–water partition coefficient (Wildman–Crippen LogP) is 0.748. The summed E-state index contributed by atoms with van der Waals surface area (Å²) in [5.74, 6) is -0.526. The van der Waals surface area contributed by atoms with Crippen molar-refractivity contribution in [1.82, 2.24) is 9.80 Å². The van der Waals surface area contributed by atoms with E-state index in [-0.39, 0.29) is 19.0 Å². The topological polar surface area (TPSA) is 81.1 Å². The average Bonchev–Trinajstić information content (AvgIpc) is 2.80. The van der Waals surface area contributed by atoms with Gasteiger partial charge in [-0.15, -0.1) is 0 Å². The molecule has 0 aromatic rings. The second-order valence-electron chi connectivity index (χ2n) is 5.54. The summed E-state index contributed by atoms with van der Waals surface area (Å²) < 4.78 is 0. The van der Waals surface area contributed by atoms with Gasteiger partial charge in [0.2, 0.25) is 0 Å². The van der Waals surface area contributed by atoms with E-state index in [2.05, 4.69) is 6.92 Å². The number of carbonyl (C=O) groups is 2. The molecule has 0 bridgehead atoms. The van der Waals surface area contributed by atoms with Crippen molar-refractivity contribution in [2.75, 3.05) is 19.6 Å². The molecular formula is C13H22N2O4. The number of urea groups is 1. The highest BCUT2D eigenvalue weighted by Crippen LogP contribution is 2.24. The van der Waals surface area contributed by atoms with Crippen LogP contribution in [-0.4, -0.2) is 63.8 Å². The summed E-state index contributed by atoms with van der Waals surface area (Å²) >= 11 is 0. The van der Waals surface area contributed by atoms with Crippen LogP contribution in [0, 0.1) is 5.92 Å². The maximum absolute atomic E-state index is 12.4. The van der Waals surface area contributed by atoms with E-state index in [1.165, 1.54) is 4.90 Å². The molecule has 108 valence electrons. The zero-order chi connectivity index (χ0) is 14.0. The molecule has 2 saturated heterocycles. The fourth-order valence-corrected chi connectivity index (χ4v) is 3.01. The number of carboxylic acids is 1. The quantitative estimate of drug-likeness (QED) is 0.776. The maximum atomic E-state index is 12.4. The van der Waals surface area contributed by atoms with Gasteiger partial charge in [-0.25, -0.2) is 9.59 Å². The number of amides is 2. The number of aliphatic hydroxyl groups is 1. The number of likely N-dealkylation sites (tertiary alicyclic amines) is 2. The van der Waals surface area contributed by atoms with Crippen molar-refractivity contribution >= 4 is 12.0 Å². The summed E-state index contributed by atoms with van der Waals surface area (Å²) in [5, 5.41) is 18.7. The first kappa shape index (κ1) is 14.1. The van der Waals surface area contributed by atoms with Crippen molar-refractivity contribution in [3.8, 4) is 0 Å². The third-order valence-electron chi connectivity index (χ3n) is 4.18. The fourth-order valence-electron chi connectivity index (χ4n) is 3.01. The van der Waals surface area contributed by atoms with E-state index in [1.54, 1.807) is 4.90 Å². The van der Waals surface area contributed by atoms with Gasteiger partial charge >= 0.3 is 12.0 Å². The largest absolute Gasteiger partial charge is 0.480 e. The zero-order valence-electron chi connectivity index (χ0n) is 11.3. The molecule has 6 heteroatoms. The lowest BCUT2D eigenvalue weighted by atomic mass is 9.96. The third kappa shape index (κ3) is 3.00. The van der Waals surface area contributed by atoms with Crippen molar-refractivity contribution < 1.29 is 19.8 Å². The Kier molecular flexibility index (Phi) is 4.29. The van der Waals surface area contributed by atoms with Crippen molar-refractivity contribution in [2.45, 2.75) is 44.8 Å². The molecule has 2 fully saturated rings. The number of hydrogen-bond donors (Lipinski definition) is 2. The number of aliphatic hydroxyl groups excluding tert-OH is 1. The van der Waals surface area contributed by atoms with E-state index in [1.807, 2.05) is 0 Å². The predicted molar refractivity (Wildman–Crippen MR) is 68.7 cm³/mol. The minimum absolute atomic E-state index is 0.128. The molecule has 0 aliphatic carbocycles. The lowest BCUT2D eigenvalue weighted by Gasteiger charge is -2.36. The van der Waals surface area contributed by atoms with Crippen LogP contribution in [0.25, 0.3) is 0 Å². The number of piperidine rings is 1. The normalized spacial score (nSPS) is 31.6. The van der Waals surface area contributed by atoms with E-state index in [0.29, 0.717) is 19.0 Å². The van der Waals surface area contributed by atoms with Crippen LogP contribution in [0.4, 0.5) is 4.79 Å². The highest BCUT2D eigenvalue weighted by atomic mass is 16.4. The highest BCUT2D eigenvalue weighted by molar-refractivity contribution is 5.83. The van der Waals surface area contributed by atoms with Crippen LogP contribution in [0.15, 0.2) is 0 Å². The van der Waals surface area contributed by atoms with Crippen molar-refractivity contribution in [1.29, 1.82) is 0 Å². The van der Waals surface area contributed by atoms with E-state index < -0.39 is 18.1 Å². The van der Waals surface area contributed by atoms with Crippen LogP contribution in [0.1, 0.15) is 32.6 Å². The Morgan fingerprint density at radius 2 is 2.05 bits per heavy atom. The molecule has 3 atom stereocenters. The van der Waals surface area contributed by atoms with Gasteiger partial charge in [-0.2, -0.15) is 0 Å². The Labute approximate surface area is 113 Å². The van der Waals surface area contributed by atoms with Crippen LogP contribution in [-0.2, 0) is 4.79 Å². The Balaban J connectivity index is 2.03. The Hall–Kier alpha value is -1.30. The van der Waals surface area contributed by atoms with E-state index >= 15 is 0 Å². The summed E-state index contributed by atoms with van der Waals surface area (Å²) in [4.78, 5) is 26.6. The maximum Gasteiger partial charge on any atom is 0.326 e. The van der Waals surface area contributed by atoms with Crippen LogP contribution < -0.4 is 0 Å². The van der Waals surface area contributed by atoms with Gasteiger partial charge in [-0.3, -0.25) is 0 Å². The van der Waals surface area contributed by atoms with Crippen molar-refractivity contribution in [3.63, 3.8) is 0 Å². The molecule has 2 heterocycles. The number of hydrogen-bond acceptors (Lipinski definition) is 3. The second kappa shape index (κ2) is 5.77. The van der Waals surface area contributed by atoms with Crippen molar-refractivity contribution in [3.05, 3.63) is 0 Å². The minimum Gasteiger partial charge on any atom is -0.480 e. The molecule has 1 unspecified atom stereocenters. The lowest BCUT2D eigenvalue weighted by Crippen LogP contribution is -2.51. The van der Waals surface area contributed by atoms with Crippen LogP contribution in [0.2, 0.25) is 0 Å². The van der Waals surface area contributed by atoms with E-state index in [4.69, 9.17) is 5.11 Å². The Bertz CT molecular complexity index is 361. The van der Waals surface area contributed by atoms with Gasteiger partial charge < -0.3 is 20.0 Å². The van der Waals surface area contributed by atoms with Crippen LogP contribution in [0.5, 0.6) is 0 Å². The molecule has 2 amide bonds. The Morgan fingerprint density at radius 1 is 1.32 bits per heavy atom. The SMILES string of the molecule is CCC1CCCN(C(=O)N2C[C@@H](O)C[C@H]2C(=O)O)C1. The van der Waals surface area contributed by atoms with Gasteiger partial charge in [0.25, 0.3) is 0 Å². The smallest absolute Gasteiger partial charge is 0.326 e. The second-order valence-corrected chi connectivity index (χ2v) is 5.54. The van der Waals surface area contributed by atoms with Gasteiger partial charge in [-0.1, -0.05) is 13.3 Å². The third-order valence-corrected chi connectivity index (χ3v) is 4.18. The molecule has 2 rings (SSSR count). The monoisotopic (exact) mass is 270 g/mol. The summed E-state index contributed by atoms with van der Waals surface area (Å²) in [6.07, 6.45) is 2.54. The number of carbonyl (C=O) groups excluding carboxylic acids is 1. The molecule has 2 N–H and O–H groups in total. The molecule has 2 aliphatic heterocycles. The molecular weight excluding hydrogens is 248 g/mol. The van der Waals surface area contributed by atoms with Crippen LogP contribution in [0.3, 0.4) is 0 Å². The van der Waals surface area contributed by atoms with Gasteiger partial charge in [0.05, 0.1) is 6.10 Å². The highest BCUT2D eigenvalue weighted by Gasteiger charge is 2.41. The first-order chi connectivity index (χ1) is 9.02. The van der Waals surface area contributed by atoms with E-state index in [0.717, 1.165) is 19.3 Å². The Morgan fingerprint density at radius 3 is 2.68 bits per heavy atom. The number of rotatable bonds is 2. The van der Waals surface area contributed by atoms with Gasteiger partial charge in [-0.05, 0) is 18.8 Å². The van der Waals surface area contributed by atoms with Crippen LogP contribution >= 0.6 is 0 Å². The molecule has 0 radical (unpaired) electrons. The number of nitrogens with zero attached hydrogens (tertiary/aromatic N) is 2. The summed E-state index contributed by atoms with van der Waals surface area (Å²) in [5.41, 5.74) is 0. The molecule has 6 nitrogen and oxygen atoms in total. The molecule has 0 spiro atoms. The number of β-amino-alcohol motifs (C(OH)–C–C–N with tert-alkyl or cyclic N) is 1. The first-order valence-electron chi connectivity index (χ1n) is 6.99. The molecule has 0 saturated carbocycles. The summed E-state index contributed by atoms with van der Waals surface area (Å²) in [7, 11) is 0. The molecule has 19 heavy (non-hydrogen) atoms. The first-order valence-corrected chi connectivity index (χ1v) is 6.99. The zero-order valence-corrected chi connectivity index (χ0v) is 11.3. The summed E-state index contributed by atoms with van der Waals surface area (Å²) in [6, 6.07) is -1.12. The number of aliphatic carboxylic acids is 1. The van der Waals surface area contributed by atoms with Gasteiger partial charge in [0, 0.05) is 26.1 Å². The summed E-state index contributed by atoms with van der Waals surface area (Å²) in [6.45, 7) is 3.63. The average molecular weight is 270 g/mol. The molecule has 0 aromatic heterocycles. The lowest BCUT2D eigenvalue weighted by molar-refractivity contribution is -0.141. The van der Waals surface area contributed by atoms with E-state index in [9.17, 15) is 14.7 Å². The minimum atomic E-state index is -1.03. The molecule has 0 aromatic carbocycles. The van der Waals surface area contributed by atoms with Crippen molar-refractivity contribution in [2.24, 2.45) is 5.92 Å². The fraction of sp³-hybridized carbons (Fsp3) is 0.846.